The summed E-state index contributed by atoms with van der Waals surface area (Å²) in [5.41, 5.74) is 13.5. The topological polar surface area (TPSA) is 6.48 Å². The molecule has 0 spiro atoms. The number of hydrogen-bond acceptors (Lipinski definition) is 2. The van der Waals surface area contributed by atoms with E-state index in [1.807, 2.05) is 0 Å². The first-order valence-electron chi connectivity index (χ1n) is 21.9. The van der Waals surface area contributed by atoms with Crippen molar-refractivity contribution in [2.75, 3.05) is 9.80 Å². The summed E-state index contributed by atoms with van der Waals surface area (Å²) >= 11 is 0. The van der Waals surface area contributed by atoms with Crippen molar-refractivity contribution in [3.63, 3.8) is 0 Å². The normalized spacial score (nSPS) is 13.0. The average molecular weight is 797 g/mol. The van der Waals surface area contributed by atoms with Gasteiger partial charge in [-0.25, -0.2) is 0 Å². The molecule has 0 saturated carbocycles. The minimum absolute atomic E-state index is 0.0244. The number of anilines is 6. The van der Waals surface area contributed by atoms with Crippen LogP contribution in [0.15, 0.2) is 224 Å². The Morgan fingerprint density at radius 3 is 1.13 bits per heavy atom. The smallest absolute Gasteiger partial charge is 0.252 e. The largest absolute Gasteiger partial charge is 0.311 e. The van der Waals surface area contributed by atoms with E-state index in [0.717, 1.165) is 11.4 Å². The molecule has 2 aliphatic heterocycles. The van der Waals surface area contributed by atoms with Crippen LogP contribution in [0.25, 0.3) is 75.8 Å². The van der Waals surface area contributed by atoms with E-state index in [4.69, 9.17) is 0 Å². The third-order valence-electron chi connectivity index (χ3n) is 13.8. The van der Waals surface area contributed by atoms with Gasteiger partial charge in [-0.15, -0.1) is 0 Å². The van der Waals surface area contributed by atoms with Crippen molar-refractivity contribution in [1.82, 2.24) is 0 Å². The zero-order chi connectivity index (χ0) is 41.2. The third-order valence-corrected chi connectivity index (χ3v) is 13.8. The lowest BCUT2D eigenvalue weighted by Crippen LogP contribution is -2.61. The van der Waals surface area contributed by atoms with Crippen LogP contribution in [-0.2, 0) is 0 Å². The molecule has 12 aromatic rings. The predicted octanol–water partition coefficient (Wildman–Crippen LogP) is 14.4. The molecule has 0 unspecified atom stereocenters. The van der Waals surface area contributed by atoms with Gasteiger partial charge < -0.3 is 9.80 Å². The average Bonchev–Trinajstić information content (AvgIpc) is 3.34. The monoisotopic (exact) mass is 796 g/mol. The highest BCUT2D eigenvalue weighted by molar-refractivity contribution is 7.00. The van der Waals surface area contributed by atoms with Crippen molar-refractivity contribution in [3.8, 4) is 11.1 Å². The third kappa shape index (κ3) is 5.14. The Morgan fingerprint density at radius 1 is 0.270 bits per heavy atom. The van der Waals surface area contributed by atoms with Crippen molar-refractivity contribution in [3.05, 3.63) is 224 Å². The van der Waals surface area contributed by atoms with E-state index in [2.05, 4.69) is 234 Å². The van der Waals surface area contributed by atoms with Gasteiger partial charge in [0.1, 0.15) is 0 Å². The van der Waals surface area contributed by atoms with Gasteiger partial charge in [-0.05, 0) is 160 Å². The molecule has 0 aromatic heterocycles. The molecular weight excluding hydrogens is 759 g/mol. The SMILES string of the molecule is c1ccc(N2c3cc(-c4ccc5cc6ccccc6cc5c4)cc4c3B(c3ccc5cc6ccccc6cc5c32)c2ccc3cc5ccccc5cc3c2N4c2ccccc2)cc1. The number of benzene rings is 12. The Kier molecular flexibility index (Phi) is 7.23. The van der Waals surface area contributed by atoms with Crippen LogP contribution >= 0.6 is 0 Å². The van der Waals surface area contributed by atoms with Crippen molar-refractivity contribution >= 4 is 122 Å². The van der Waals surface area contributed by atoms with E-state index in [-0.39, 0.29) is 6.71 Å². The van der Waals surface area contributed by atoms with Gasteiger partial charge >= 0.3 is 0 Å². The number of hydrogen-bond donors (Lipinski definition) is 0. The van der Waals surface area contributed by atoms with E-state index in [0.29, 0.717) is 0 Å². The van der Waals surface area contributed by atoms with Gasteiger partial charge in [-0.3, -0.25) is 0 Å². The lowest BCUT2D eigenvalue weighted by Gasteiger charge is -2.45. The van der Waals surface area contributed by atoms with Gasteiger partial charge in [0.15, 0.2) is 0 Å². The molecule has 0 radical (unpaired) electrons. The number of fused-ring (bicyclic) bond motifs is 12. The maximum absolute atomic E-state index is 2.57. The minimum Gasteiger partial charge on any atom is -0.311 e. The van der Waals surface area contributed by atoms with Gasteiger partial charge in [-0.2, -0.15) is 0 Å². The molecule has 0 N–H and O–H groups in total. The van der Waals surface area contributed by atoms with Crippen LogP contribution in [0.4, 0.5) is 34.1 Å². The number of para-hydroxylation sites is 2. The first kappa shape index (κ1) is 34.6. The molecule has 0 bridgehead atoms. The Morgan fingerprint density at radius 2 is 0.651 bits per heavy atom. The van der Waals surface area contributed by atoms with Crippen molar-refractivity contribution in [1.29, 1.82) is 0 Å². The molecule has 3 heteroatoms. The van der Waals surface area contributed by atoms with Crippen LogP contribution in [0, 0.1) is 0 Å². The van der Waals surface area contributed by atoms with Gasteiger partial charge in [0.05, 0.1) is 0 Å². The van der Waals surface area contributed by atoms with Gasteiger partial charge in [-0.1, -0.05) is 146 Å². The molecule has 2 nitrogen and oxygen atoms in total. The summed E-state index contributed by atoms with van der Waals surface area (Å²) in [7, 11) is 0. The highest BCUT2D eigenvalue weighted by Crippen LogP contribution is 2.49. The molecule has 0 aliphatic carbocycles. The van der Waals surface area contributed by atoms with Gasteiger partial charge in [0.25, 0.3) is 6.71 Å². The fourth-order valence-electron chi connectivity index (χ4n) is 11.0. The standard InChI is InChI=1S/C60H37BN2/c1-3-19-50(20-4-1)62-56-36-49(45-24-23-44-29-38-13-7-8-16-41(38)32-48(44)33-45)37-57-58(56)61(54-27-25-46-30-39-14-9-11-17-42(39)34-52(46)59(54)62)55-28-26-47-31-40-15-10-12-18-43(40)35-53(47)60(55)63(57)51-21-5-2-6-22-51/h1-37H. The van der Waals surface area contributed by atoms with E-state index < -0.39 is 0 Å². The molecule has 290 valence electrons. The molecule has 63 heavy (non-hydrogen) atoms. The highest BCUT2D eigenvalue weighted by Gasteiger charge is 2.44. The molecule has 0 amide bonds. The number of rotatable bonds is 3. The zero-order valence-corrected chi connectivity index (χ0v) is 34.3. The van der Waals surface area contributed by atoms with Crippen LogP contribution < -0.4 is 26.2 Å². The van der Waals surface area contributed by atoms with E-state index >= 15 is 0 Å². The van der Waals surface area contributed by atoms with Crippen molar-refractivity contribution in [2.24, 2.45) is 0 Å². The Bertz CT molecular complexity index is 3690. The van der Waals surface area contributed by atoms with E-state index in [1.165, 1.54) is 115 Å². The summed E-state index contributed by atoms with van der Waals surface area (Å²) in [5, 5.41) is 15.0. The quantitative estimate of drug-likeness (QED) is 0.130. The van der Waals surface area contributed by atoms with Crippen LogP contribution in [0.1, 0.15) is 0 Å². The van der Waals surface area contributed by atoms with Crippen LogP contribution in [0.5, 0.6) is 0 Å². The van der Waals surface area contributed by atoms with Crippen molar-refractivity contribution < 1.29 is 0 Å². The lowest BCUT2D eigenvalue weighted by atomic mass is 9.33. The highest BCUT2D eigenvalue weighted by atomic mass is 15.2. The van der Waals surface area contributed by atoms with E-state index in [1.54, 1.807) is 0 Å². The summed E-state index contributed by atoms with van der Waals surface area (Å²) < 4.78 is 0. The Hall–Kier alpha value is -8.14. The van der Waals surface area contributed by atoms with Crippen LogP contribution in [-0.4, -0.2) is 6.71 Å². The summed E-state index contributed by atoms with van der Waals surface area (Å²) in [6.07, 6.45) is 0. The molecule has 14 rings (SSSR count). The Labute approximate surface area is 365 Å². The second kappa shape index (κ2) is 13.2. The van der Waals surface area contributed by atoms with Gasteiger partial charge in [0, 0.05) is 44.9 Å². The Balaban J connectivity index is 1.14. The van der Waals surface area contributed by atoms with E-state index in [9.17, 15) is 0 Å². The maximum Gasteiger partial charge on any atom is 0.252 e. The summed E-state index contributed by atoms with van der Waals surface area (Å²) in [4.78, 5) is 5.14. The first-order chi connectivity index (χ1) is 31.2. The van der Waals surface area contributed by atoms with Crippen LogP contribution in [0.3, 0.4) is 0 Å². The van der Waals surface area contributed by atoms with Crippen molar-refractivity contribution in [2.45, 2.75) is 0 Å². The molecule has 0 atom stereocenters. The fraction of sp³-hybridized carbons (Fsp3) is 0. The second-order valence-electron chi connectivity index (χ2n) is 17.3. The molecular formula is C60H37BN2. The van der Waals surface area contributed by atoms with Crippen LogP contribution in [0.2, 0.25) is 0 Å². The lowest BCUT2D eigenvalue weighted by molar-refractivity contribution is 1.27. The molecule has 0 fully saturated rings. The summed E-state index contributed by atoms with van der Waals surface area (Å²) in [6, 6.07) is 84.1. The molecule has 12 aromatic carbocycles. The fourth-order valence-corrected chi connectivity index (χ4v) is 11.0. The predicted molar refractivity (Wildman–Crippen MR) is 271 cm³/mol. The second-order valence-corrected chi connectivity index (χ2v) is 17.3. The molecule has 2 aliphatic rings. The number of nitrogens with zero attached hydrogens (tertiary/aromatic N) is 2. The zero-order valence-electron chi connectivity index (χ0n) is 34.3. The first-order valence-corrected chi connectivity index (χ1v) is 21.9. The molecule has 2 heterocycles. The maximum atomic E-state index is 2.57. The minimum atomic E-state index is -0.0244. The summed E-state index contributed by atoms with van der Waals surface area (Å²) in [5.74, 6) is 0. The van der Waals surface area contributed by atoms with Gasteiger partial charge in [0.2, 0.25) is 0 Å². The summed E-state index contributed by atoms with van der Waals surface area (Å²) in [6.45, 7) is -0.0244. The molecule has 0 saturated heterocycles.